The summed E-state index contributed by atoms with van der Waals surface area (Å²) in [6.07, 6.45) is -2.59. The van der Waals surface area contributed by atoms with Gasteiger partial charge in [0.25, 0.3) is 5.91 Å². The summed E-state index contributed by atoms with van der Waals surface area (Å²) in [5.74, 6) is -0.753. The van der Waals surface area contributed by atoms with Crippen molar-refractivity contribution >= 4 is 23.3 Å². The molecule has 1 aliphatic heterocycles. The van der Waals surface area contributed by atoms with Gasteiger partial charge in [-0.05, 0) is 31.0 Å². The van der Waals surface area contributed by atoms with Crippen molar-refractivity contribution in [2.24, 2.45) is 0 Å². The van der Waals surface area contributed by atoms with Crippen LogP contribution >= 0.6 is 11.6 Å². The predicted molar refractivity (Wildman–Crippen MR) is 91.1 cm³/mol. The van der Waals surface area contributed by atoms with Crippen molar-refractivity contribution < 1.29 is 22.4 Å². The highest BCUT2D eigenvalue weighted by molar-refractivity contribution is 6.33. The molecule has 2 aromatic rings. The molecule has 2 heterocycles. The number of piperidine rings is 1. The zero-order valence-corrected chi connectivity index (χ0v) is 14.7. The Kier molecular flexibility index (Phi) is 5.50. The lowest BCUT2D eigenvalue weighted by molar-refractivity contribution is -0.141. The number of hydrogen-bond donors (Lipinski definition) is 1. The Morgan fingerprint density at radius 3 is 2.52 bits per heavy atom. The number of hydrogen-bond acceptors (Lipinski definition) is 4. The molecule has 10 heteroatoms. The molecular weight excluding hydrogens is 388 g/mol. The predicted octanol–water partition coefficient (Wildman–Crippen LogP) is 3.69. The van der Waals surface area contributed by atoms with E-state index >= 15 is 0 Å². The lowest BCUT2D eigenvalue weighted by Gasteiger charge is -2.33. The van der Waals surface area contributed by atoms with Crippen LogP contribution in [0.3, 0.4) is 0 Å². The number of aromatic nitrogens is 2. The van der Waals surface area contributed by atoms with E-state index in [0.717, 1.165) is 24.5 Å². The smallest absolute Gasteiger partial charge is 0.356 e. The van der Waals surface area contributed by atoms with Gasteiger partial charge in [0.05, 0.1) is 10.6 Å². The van der Waals surface area contributed by atoms with E-state index in [2.05, 4.69) is 15.3 Å². The molecule has 0 aliphatic carbocycles. The third kappa shape index (κ3) is 4.65. The molecule has 0 radical (unpaired) electrons. The topological polar surface area (TPSA) is 58.1 Å². The summed E-state index contributed by atoms with van der Waals surface area (Å²) < 4.78 is 51.4. The van der Waals surface area contributed by atoms with Crippen molar-refractivity contribution in [2.45, 2.75) is 25.1 Å². The molecule has 1 fully saturated rings. The zero-order valence-electron chi connectivity index (χ0n) is 13.9. The molecule has 3 rings (SSSR count). The monoisotopic (exact) mass is 402 g/mol. The fourth-order valence-corrected chi connectivity index (χ4v) is 3.12. The minimum Gasteiger partial charge on any atom is -0.356 e. The van der Waals surface area contributed by atoms with Crippen LogP contribution in [0.25, 0.3) is 0 Å². The molecule has 5 nitrogen and oxygen atoms in total. The van der Waals surface area contributed by atoms with Gasteiger partial charge in [0.1, 0.15) is 23.7 Å². The molecule has 0 atom stereocenters. The fourth-order valence-electron chi connectivity index (χ4n) is 2.86. The van der Waals surface area contributed by atoms with Crippen molar-refractivity contribution in [2.75, 3.05) is 18.0 Å². The fraction of sp³-hybridized carbons (Fsp3) is 0.353. The summed E-state index contributed by atoms with van der Waals surface area (Å²) in [5, 5.41) is 2.84. The molecule has 0 saturated carbocycles. The Balaban J connectivity index is 1.60. The van der Waals surface area contributed by atoms with Crippen LogP contribution in [0.4, 0.5) is 23.4 Å². The first-order valence-corrected chi connectivity index (χ1v) is 8.52. The molecule has 1 saturated heterocycles. The summed E-state index contributed by atoms with van der Waals surface area (Å²) in [6, 6.07) is 4.26. The first kappa shape index (κ1) is 19.3. The van der Waals surface area contributed by atoms with Gasteiger partial charge >= 0.3 is 6.18 Å². The van der Waals surface area contributed by atoms with E-state index in [4.69, 9.17) is 11.6 Å². The van der Waals surface area contributed by atoms with Crippen LogP contribution in [0.1, 0.15) is 28.9 Å². The van der Waals surface area contributed by atoms with Gasteiger partial charge in [-0.25, -0.2) is 14.4 Å². The number of carbonyl (C=O) groups is 1. The molecule has 1 aliphatic rings. The van der Waals surface area contributed by atoms with Crippen LogP contribution in [0, 0.1) is 5.82 Å². The molecule has 0 bridgehead atoms. The molecular formula is C17H15ClF4N4O. The minimum atomic E-state index is -4.53. The van der Waals surface area contributed by atoms with Crippen molar-refractivity contribution in [1.82, 2.24) is 15.3 Å². The number of nitrogens with zero attached hydrogens (tertiary/aromatic N) is 3. The highest BCUT2D eigenvalue weighted by Gasteiger charge is 2.33. The van der Waals surface area contributed by atoms with Crippen molar-refractivity contribution in [3.63, 3.8) is 0 Å². The SMILES string of the molecule is O=C(NC1CCN(c2cc(C(F)(F)F)ncn2)CC1)c1ccc(F)cc1Cl. The maximum Gasteiger partial charge on any atom is 0.433 e. The van der Waals surface area contributed by atoms with Gasteiger partial charge in [-0.2, -0.15) is 13.2 Å². The molecule has 144 valence electrons. The van der Waals surface area contributed by atoms with E-state index in [1.807, 2.05) is 0 Å². The highest BCUT2D eigenvalue weighted by Crippen LogP contribution is 2.29. The number of rotatable bonds is 3. The van der Waals surface area contributed by atoms with E-state index in [0.29, 0.717) is 25.9 Å². The molecule has 1 amide bonds. The summed E-state index contributed by atoms with van der Waals surface area (Å²) in [7, 11) is 0. The maximum atomic E-state index is 13.1. The Bertz CT molecular complexity index is 838. The van der Waals surface area contributed by atoms with Gasteiger partial charge in [0.15, 0.2) is 0 Å². The standard InChI is InChI=1S/C17H15ClF4N4O/c18-13-7-10(19)1-2-12(13)16(27)25-11-3-5-26(6-4-11)15-8-14(17(20,21)22)23-9-24-15/h1-2,7-9,11H,3-6H2,(H,25,27). The summed E-state index contributed by atoms with van der Waals surface area (Å²) in [4.78, 5) is 21.1. The third-order valence-electron chi connectivity index (χ3n) is 4.27. The largest absolute Gasteiger partial charge is 0.433 e. The van der Waals surface area contributed by atoms with Gasteiger partial charge in [-0.3, -0.25) is 4.79 Å². The van der Waals surface area contributed by atoms with Gasteiger partial charge in [-0.1, -0.05) is 11.6 Å². The van der Waals surface area contributed by atoms with Crippen LogP contribution in [0.5, 0.6) is 0 Å². The second-order valence-electron chi connectivity index (χ2n) is 6.12. The number of anilines is 1. The van der Waals surface area contributed by atoms with Crippen LogP contribution in [0.15, 0.2) is 30.6 Å². The Labute approximate surface area is 157 Å². The molecule has 27 heavy (non-hydrogen) atoms. The van der Waals surface area contributed by atoms with E-state index in [1.165, 1.54) is 6.07 Å². The van der Waals surface area contributed by atoms with Gasteiger partial charge in [0.2, 0.25) is 0 Å². The number of alkyl halides is 3. The van der Waals surface area contributed by atoms with Crippen molar-refractivity contribution in [3.8, 4) is 0 Å². The van der Waals surface area contributed by atoms with E-state index < -0.39 is 23.6 Å². The van der Waals surface area contributed by atoms with E-state index in [-0.39, 0.29) is 22.4 Å². The average molecular weight is 403 g/mol. The molecule has 1 aromatic heterocycles. The molecule has 1 N–H and O–H groups in total. The first-order chi connectivity index (χ1) is 12.7. The van der Waals surface area contributed by atoms with Gasteiger partial charge in [0, 0.05) is 25.2 Å². The average Bonchev–Trinajstić information content (AvgIpc) is 2.61. The Hall–Kier alpha value is -2.42. The summed E-state index contributed by atoms with van der Waals surface area (Å²) in [6.45, 7) is 0.854. The Morgan fingerprint density at radius 1 is 1.19 bits per heavy atom. The third-order valence-corrected chi connectivity index (χ3v) is 4.59. The van der Waals surface area contributed by atoms with Crippen molar-refractivity contribution in [1.29, 1.82) is 0 Å². The Morgan fingerprint density at radius 2 is 1.89 bits per heavy atom. The normalized spacial score (nSPS) is 15.7. The first-order valence-electron chi connectivity index (χ1n) is 8.14. The highest BCUT2D eigenvalue weighted by atomic mass is 35.5. The number of benzene rings is 1. The van der Waals surface area contributed by atoms with Gasteiger partial charge in [-0.15, -0.1) is 0 Å². The molecule has 0 spiro atoms. The number of nitrogens with one attached hydrogen (secondary N) is 1. The van der Waals surface area contributed by atoms with Crippen LogP contribution in [-0.2, 0) is 6.18 Å². The van der Waals surface area contributed by atoms with E-state index in [9.17, 15) is 22.4 Å². The lowest BCUT2D eigenvalue weighted by Crippen LogP contribution is -2.45. The summed E-state index contributed by atoms with van der Waals surface area (Å²) in [5.41, 5.74) is -0.819. The quantitative estimate of drug-likeness (QED) is 0.796. The van der Waals surface area contributed by atoms with Crippen LogP contribution in [-0.4, -0.2) is 35.0 Å². The lowest BCUT2D eigenvalue weighted by atomic mass is 10.0. The second kappa shape index (κ2) is 7.67. The van der Waals surface area contributed by atoms with Gasteiger partial charge < -0.3 is 10.2 Å². The zero-order chi connectivity index (χ0) is 19.6. The number of carbonyl (C=O) groups excluding carboxylic acids is 1. The molecule has 1 aromatic carbocycles. The number of amides is 1. The second-order valence-corrected chi connectivity index (χ2v) is 6.53. The van der Waals surface area contributed by atoms with E-state index in [1.54, 1.807) is 4.90 Å². The number of halogens is 5. The van der Waals surface area contributed by atoms with Crippen LogP contribution in [0.2, 0.25) is 5.02 Å². The minimum absolute atomic E-state index is 0.0191. The van der Waals surface area contributed by atoms with Crippen LogP contribution < -0.4 is 10.2 Å². The van der Waals surface area contributed by atoms with Crippen molar-refractivity contribution in [3.05, 3.63) is 52.7 Å². The maximum absolute atomic E-state index is 13.1. The molecule has 0 unspecified atom stereocenters. The summed E-state index contributed by atoms with van der Waals surface area (Å²) >= 11 is 5.88.